The molecule has 0 amide bonds. The minimum atomic E-state index is -0.0495. The van der Waals surface area contributed by atoms with Gasteiger partial charge in [-0.15, -0.1) is 0 Å². The van der Waals surface area contributed by atoms with Gasteiger partial charge in [0.15, 0.2) is 5.96 Å². The van der Waals surface area contributed by atoms with E-state index in [1.165, 1.54) is 0 Å². The lowest BCUT2D eigenvalue weighted by Gasteiger charge is -2.23. The highest BCUT2D eigenvalue weighted by molar-refractivity contribution is 6.30. The Morgan fingerprint density at radius 3 is 2.78 bits per heavy atom. The molecule has 0 bridgehead atoms. The molecule has 0 unspecified atom stereocenters. The topological polar surface area (TPSA) is 75.3 Å². The summed E-state index contributed by atoms with van der Waals surface area (Å²) in [6.45, 7) is 6.88. The molecule has 0 saturated carbocycles. The van der Waals surface area contributed by atoms with Crippen molar-refractivity contribution in [3.05, 3.63) is 35.2 Å². The van der Waals surface area contributed by atoms with Gasteiger partial charge in [-0.25, -0.2) is 0 Å². The Hall–Kier alpha value is -2.08. The summed E-state index contributed by atoms with van der Waals surface area (Å²) in [4.78, 5) is 8.56. The summed E-state index contributed by atoms with van der Waals surface area (Å²) in [6.07, 6.45) is 0.610. The van der Waals surface area contributed by atoms with E-state index in [-0.39, 0.29) is 5.54 Å². The van der Waals surface area contributed by atoms with Crippen LogP contribution in [0, 0.1) is 0 Å². The van der Waals surface area contributed by atoms with Crippen LogP contribution < -0.4 is 10.6 Å². The van der Waals surface area contributed by atoms with Crippen molar-refractivity contribution in [1.82, 2.24) is 20.8 Å². The molecule has 6 nitrogen and oxygen atoms in total. The maximum atomic E-state index is 5.97. The van der Waals surface area contributed by atoms with Crippen LogP contribution in [0.5, 0.6) is 0 Å². The number of nitrogens with one attached hydrogen (secondary N) is 2. The molecule has 7 heteroatoms. The molecule has 0 atom stereocenters. The lowest BCUT2D eigenvalue weighted by molar-refractivity contribution is 0.378. The number of rotatable bonds is 4. The Morgan fingerprint density at radius 1 is 1.35 bits per heavy atom. The molecule has 0 aliphatic carbocycles. The number of hydrogen-bond acceptors (Lipinski definition) is 4. The monoisotopic (exact) mass is 335 g/mol. The Bertz CT molecular complexity index is 675. The Balaban J connectivity index is 1.90. The van der Waals surface area contributed by atoms with Gasteiger partial charge in [0.25, 0.3) is 0 Å². The zero-order valence-corrected chi connectivity index (χ0v) is 14.6. The van der Waals surface area contributed by atoms with Crippen LogP contribution in [0.3, 0.4) is 0 Å². The molecule has 1 aromatic carbocycles. The summed E-state index contributed by atoms with van der Waals surface area (Å²) in [5, 5.41) is 11.1. The maximum Gasteiger partial charge on any atom is 0.228 e. The zero-order chi connectivity index (χ0) is 16.9. The standard InChI is InChI=1S/C16H22ClN5O/c1-16(2,3)21-15(18-4)19-9-8-13-20-14(22-23-13)11-6-5-7-12(17)10-11/h5-7,10H,8-9H2,1-4H3,(H2,18,19,21). The van der Waals surface area contributed by atoms with Crippen LogP contribution in [0.25, 0.3) is 11.4 Å². The first-order chi connectivity index (χ1) is 10.9. The molecule has 124 valence electrons. The van der Waals surface area contributed by atoms with Crippen LogP contribution in [0.4, 0.5) is 0 Å². The predicted molar refractivity (Wildman–Crippen MR) is 92.7 cm³/mol. The van der Waals surface area contributed by atoms with E-state index in [0.717, 1.165) is 11.5 Å². The van der Waals surface area contributed by atoms with E-state index in [4.69, 9.17) is 16.1 Å². The fourth-order valence-corrected chi connectivity index (χ4v) is 2.11. The van der Waals surface area contributed by atoms with Gasteiger partial charge in [-0.2, -0.15) is 4.98 Å². The first-order valence-electron chi connectivity index (χ1n) is 7.45. The fourth-order valence-electron chi connectivity index (χ4n) is 1.92. The summed E-state index contributed by atoms with van der Waals surface area (Å²) < 4.78 is 5.27. The van der Waals surface area contributed by atoms with Crippen molar-refractivity contribution >= 4 is 17.6 Å². The number of guanidine groups is 1. The van der Waals surface area contributed by atoms with Gasteiger partial charge >= 0.3 is 0 Å². The second-order valence-electron chi connectivity index (χ2n) is 6.15. The zero-order valence-electron chi connectivity index (χ0n) is 13.9. The number of benzene rings is 1. The lowest BCUT2D eigenvalue weighted by atomic mass is 10.1. The first kappa shape index (κ1) is 17.3. The van der Waals surface area contributed by atoms with Crippen molar-refractivity contribution in [3.8, 4) is 11.4 Å². The third kappa shape index (κ3) is 5.56. The molecule has 0 aliphatic rings. The van der Waals surface area contributed by atoms with Crippen molar-refractivity contribution in [2.75, 3.05) is 13.6 Å². The molecule has 2 rings (SSSR count). The molecule has 1 aromatic heterocycles. The van der Waals surface area contributed by atoms with Gasteiger partial charge in [0.2, 0.25) is 11.7 Å². The normalized spacial score (nSPS) is 12.3. The highest BCUT2D eigenvalue weighted by Crippen LogP contribution is 2.19. The summed E-state index contributed by atoms with van der Waals surface area (Å²) >= 11 is 5.97. The number of aromatic nitrogens is 2. The molecule has 23 heavy (non-hydrogen) atoms. The number of nitrogens with zero attached hydrogens (tertiary/aromatic N) is 3. The van der Waals surface area contributed by atoms with Gasteiger partial charge < -0.3 is 15.2 Å². The molecule has 0 saturated heterocycles. The van der Waals surface area contributed by atoms with Crippen LogP contribution >= 0.6 is 11.6 Å². The van der Waals surface area contributed by atoms with Gasteiger partial charge in [0.05, 0.1) is 0 Å². The smallest absolute Gasteiger partial charge is 0.228 e. The quantitative estimate of drug-likeness (QED) is 0.663. The van der Waals surface area contributed by atoms with Gasteiger partial charge in [0.1, 0.15) is 0 Å². The van der Waals surface area contributed by atoms with Gasteiger partial charge in [-0.05, 0) is 32.9 Å². The molecule has 2 aromatic rings. The Labute approximate surface area is 141 Å². The van der Waals surface area contributed by atoms with Crippen LogP contribution in [0.15, 0.2) is 33.8 Å². The van der Waals surface area contributed by atoms with Gasteiger partial charge in [-0.1, -0.05) is 28.9 Å². The van der Waals surface area contributed by atoms with Gasteiger partial charge in [-0.3, -0.25) is 4.99 Å². The number of halogens is 1. The average Bonchev–Trinajstić information content (AvgIpc) is 2.94. The summed E-state index contributed by atoms with van der Waals surface area (Å²) in [6, 6.07) is 7.37. The van der Waals surface area contributed by atoms with Gasteiger partial charge in [0, 0.05) is 36.1 Å². The molecule has 0 fully saturated rings. The highest BCUT2D eigenvalue weighted by atomic mass is 35.5. The van der Waals surface area contributed by atoms with Crippen LogP contribution in [0.2, 0.25) is 5.02 Å². The Morgan fingerprint density at radius 2 is 2.13 bits per heavy atom. The summed E-state index contributed by atoms with van der Waals surface area (Å²) in [5.41, 5.74) is 0.789. The van der Waals surface area contributed by atoms with E-state index >= 15 is 0 Å². The van der Waals surface area contributed by atoms with Crippen molar-refractivity contribution in [1.29, 1.82) is 0 Å². The minimum Gasteiger partial charge on any atom is -0.356 e. The first-order valence-corrected chi connectivity index (χ1v) is 7.82. The largest absolute Gasteiger partial charge is 0.356 e. The summed E-state index contributed by atoms with van der Waals surface area (Å²) in [7, 11) is 1.74. The van der Waals surface area contributed by atoms with E-state index in [0.29, 0.717) is 29.7 Å². The molecule has 0 spiro atoms. The number of aliphatic imine (C=N–C) groups is 1. The van der Waals surface area contributed by atoms with Crippen LogP contribution in [0.1, 0.15) is 26.7 Å². The summed E-state index contributed by atoms with van der Waals surface area (Å²) in [5.74, 6) is 1.85. The van der Waals surface area contributed by atoms with E-state index < -0.39 is 0 Å². The second-order valence-corrected chi connectivity index (χ2v) is 6.58. The average molecular weight is 336 g/mol. The van der Waals surface area contributed by atoms with Crippen molar-refractivity contribution in [3.63, 3.8) is 0 Å². The molecule has 0 radical (unpaired) electrons. The SMILES string of the molecule is CN=C(NCCc1nc(-c2cccc(Cl)c2)no1)NC(C)(C)C. The third-order valence-electron chi connectivity index (χ3n) is 2.90. The van der Waals surface area contributed by atoms with E-state index in [1.807, 2.05) is 24.3 Å². The van der Waals surface area contributed by atoms with Crippen molar-refractivity contribution in [2.24, 2.45) is 4.99 Å². The molecule has 0 aliphatic heterocycles. The highest BCUT2D eigenvalue weighted by Gasteiger charge is 2.12. The number of hydrogen-bond donors (Lipinski definition) is 2. The second kappa shape index (κ2) is 7.46. The fraction of sp³-hybridized carbons (Fsp3) is 0.438. The molecular weight excluding hydrogens is 314 g/mol. The van der Waals surface area contributed by atoms with Crippen LogP contribution in [-0.4, -0.2) is 35.2 Å². The van der Waals surface area contributed by atoms with Crippen molar-refractivity contribution < 1.29 is 4.52 Å². The van der Waals surface area contributed by atoms with E-state index in [9.17, 15) is 0 Å². The molecular formula is C16H22ClN5O. The maximum absolute atomic E-state index is 5.97. The van der Waals surface area contributed by atoms with Crippen molar-refractivity contribution in [2.45, 2.75) is 32.7 Å². The predicted octanol–water partition coefficient (Wildman–Crippen LogP) is 2.90. The van der Waals surface area contributed by atoms with E-state index in [2.05, 4.69) is 46.5 Å². The van der Waals surface area contributed by atoms with E-state index in [1.54, 1.807) is 7.05 Å². The minimum absolute atomic E-state index is 0.0495. The molecule has 2 N–H and O–H groups in total. The molecule has 1 heterocycles. The lowest BCUT2D eigenvalue weighted by Crippen LogP contribution is -2.48. The Kier molecular flexibility index (Phi) is 5.60. The third-order valence-corrected chi connectivity index (χ3v) is 3.13. The van der Waals surface area contributed by atoms with Crippen LogP contribution in [-0.2, 0) is 6.42 Å².